The maximum absolute atomic E-state index is 11.9. The first-order chi connectivity index (χ1) is 10.3. The second kappa shape index (κ2) is 8.59. The third-order valence-corrected chi connectivity index (χ3v) is 2.11. The van der Waals surface area contributed by atoms with Crippen LogP contribution in [0.25, 0.3) is 0 Å². The molecule has 23 heavy (non-hydrogen) atoms. The van der Waals surface area contributed by atoms with Gasteiger partial charge in [-0.15, -0.1) is 0 Å². The van der Waals surface area contributed by atoms with E-state index < -0.39 is 35.4 Å². The Morgan fingerprint density at radius 3 is 1.83 bits per heavy atom. The topological polar surface area (TPSA) is 103 Å². The van der Waals surface area contributed by atoms with Crippen molar-refractivity contribution < 1.29 is 28.6 Å². The molecular formula is C15H28N2O6. The Morgan fingerprint density at radius 1 is 0.913 bits per heavy atom. The van der Waals surface area contributed by atoms with Crippen LogP contribution < -0.4 is 10.6 Å². The van der Waals surface area contributed by atoms with Gasteiger partial charge in [-0.3, -0.25) is 0 Å². The number of rotatable bonds is 5. The fraction of sp³-hybridized carbons (Fsp3) is 0.800. The van der Waals surface area contributed by atoms with Crippen LogP contribution >= 0.6 is 0 Å². The van der Waals surface area contributed by atoms with E-state index in [1.165, 1.54) is 0 Å². The van der Waals surface area contributed by atoms with Gasteiger partial charge < -0.3 is 24.8 Å². The number of carbonyl (C=O) groups is 3. The lowest BCUT2D eigenvalue weighted by Crippen LogP contribution is -2.50. The number of hydrogen-bond donors (Lipinski definition) is 2. The van der Waals surface area contributed by atoms with Gasteiger partial charge in [-0.1, -0.05) is 0 Å². The van der Waals surface area contributed by atoms with Crippen LogP contribution in [0.4, 0.5) is 9.59 Å². The Morgan fingerprint density at radius 2 is 1.39 bits per heavy atom. The van der Waals surface area contributed by atoms with Crippen molar-refractivity contribution in [2.24, 2.45) is 0 Å². The number of alkyl carbamates (subject to hydrolysis) is 2. The lowest BCUT2D eigenvalue weighted by atomic mass is 10.2. The Hall–Kier alpha value is -1.99. The smallest absolute Gasteiger partial charge is 0.408 e. The quantitative estimate of drug-likeness (QED) is 0.589. The third kappa shape index (κ3) is 11.3. The van der Waals surface area contributed by atoms with E-state index in [4.69, 9.17) is 14.2 Å². The molecule has 0 aromatic heterocycles. The lowest BCUT2D eigenvalue weighted by molar-refractivity contribution is -0.145. The summed E-state index contributed by atoms with van der Waals surface area (Å²) in [5.74, 6) is -0.672. The SMILES string of the molecule is CCOC(=O)[C@H](CNC(=O)OC(C)(C)C)NC(=O)OC(C)(C)C. The van der Waals surface area contributed by atoms with Gasteiger partial charge in [0.1, 0.15) is 17.2 Å². The molecule has 0 saturated heterocycles. The van der Waals surface area contributed by atoms with Crippen LogP contribution in [0.3, 0.4) is 0 Å². The molecule has 0 unspecified atom stereocenters. The first-order valence-corrected chi connectivity index (χ1v) is 7.47. The molecule has 0 heterocycles. The van der Waals surface area contributed by atoms with Crippen molar-refractivity contribution in [3.63, 3.8) is 0 Å². The molecule has 0 fully saturated rings. The fourth-order valence-electron chi connectivity index (χ4n) is 1.39. The minimum atomic E-state index is -1.07. The summed E-state index contributed by atoms with van der Waals surface area (Å²) in [5.41, 5.74) is -1.37. The summed E-state index contributed by atoms with van der Waals surface area (Å²) in [7, 11) is 0. The van der Waals surface area contributed by atoms with Crippen molar-refractivity contribution in [2.45, 2.75) is 65.7 Å². The Kier molecular flexibility index (Phi) is 7.85. The highest BCUT2D eigenvalue weighted by Gasteiger charge is 2.26. The van der Waals surface area contributed by atoms with Crippen molar-refractivity contribution in [1.29, 1.82) is 0 Å². The highest BCUT2D eigenvalue weighted by molar-refractivity contribution is 5.82. The minimum absolute atomic E-state index is 0.151. The van der Waals surface area contributed by atoms with E-state index in [0.29, 0.717) is 0 Å². The summed E-state index contributed by atoms with van der Waals surface area (Å²) < 4.78 is 15.0. The fourth-order valence-corrected chi connectivity index (χ4v) is 1.39. The Balaban J connectivity index is 4.67. The third-order valence-electron chi connectivity index (χ3n) is 2.11. The zero-order valence-corrected chi connectivity index (χ0v) is 14.9. The molecule has 0 spiro atoms. The molecule has 8 heteroatoms. The molecule has 2 N–H and O–H groups in total. The number of ether oxygens (including phenoxy) is 3. The van der Waals surface area contributed by atoms with Gasteiger partial charge in [0.2, 0.25) is 0 Å². The van der Waals surface area contributed by atoms with E-state index in [2.05, 4.69) is 10.6 Å². The van der Waals surface area contributed by atoms with Crippen LogP contribution in [0.15, 0.2) is 0 Å². The van der Waals surface area contributed by atoms with Crippen LogP contribution in [-0.2, 0) is 19.0 Å². The Labute approximate surface area is 137 Å². The number of amides is 2. The summed E-state index contributed by atoms with van der Waals surface area (Å²) in [6.07, 6.45) is -1.47. The number of carbonyl (C=O) groups excluding carboxylic acids is 3. The Bertz CT molecular complexity index is 423. The molecule has 0 bridgehead atoms. The second-order valence-corrected chi connectivity index (χ2v) is 6.83. The van der Waals surface area contributed by atoms with E-state index in [1.807, 2.05) is 0 Å². The van der Waals surface area contributed by atoms with E-state index in [0.717, 1.165) is 0 Å². The predicted molar refractivity (Wildman–Crippen MR) is 84.0 cm³/mol. The minimum Gasteiger partial charge on any atom is -0.464 e. The van der Waals surface area contributed by atoms with Gasteiger partial charge in [0.15, 0.2) is 0 Å². The molecule has 0 saturated carbocycles. The molecule has 2 amide bonds. The summed E-state index contributed by atoms with van der Waals surface area (Å²) >= 11 is 0. The summed E-state index contributed by atoms with van der Waals surface area (Å²) in [5, 5.41) is 4.78. The van der Waals surface area contributed by atoms with E-state index in [9.17, 15) is 14.4 Å². The second-order valence-electron chi connectivity index (χ2n) is 6.83. The maximum Gasteiger partial charge on any atom is 0.408 e. The molecule has 8 nitrogen and oxygen atoms in total. The van der Waals surface area contributed by atoms with Crippen molar-refractivity contribution in [3.05, 3.63) is 0 Å². The van der Waals surface area contributed by atoms with Gasteiger partial charge in [0.05, 0.1) is 13.2 Å². The zero-order chi connectivity index (χ0) is 18.3. The first kappa shape index (κ1) is 21.0. The monoisotopic (exact) mass is 332 g/mol. The molecular weight excluding hydrogens is 304 g/mol. The molecule has 1 atom stereocenters. The van der Waals surface area contributed by atoms with Crippen molar-refractivity contribution >= 4 is 18.2 Å². The predicted octanol–water partition coefficient (Wildman–Crippen LogP) is 1.97. The van der Waals surface area contributed by atoms with Crippen LogP contribution in [0.5, 0.6) is 0 Å². The molecule has 0 aromatic carbocycles. The lowest BCUT2D eigenvalue weighted by Gasteiger charge is -2.24. The van der Waals surface area contributed by atoms with Crippen LogP contribution in [0.1, 0.15) is 48.5 Å². The molecule has 134 valence electrons. The highest BCUT2D eigenvalue weighted by Crippen LogP contribution is 2.08. The van der Waals surface area contributed by atoms with Gasteiger partial charge >= 0.3 is 18.2 Å². The molecule has 0 aliphatic rings. The van der Waals surface area contributed by atoms with Crippen molar-refractivity contribution in [1.82, 2.24) is 10.6 Å². The average Bonchev–Trinajstić information content (AvgIpc) is 2.30. The van der Waals surface area contributed by atoms with E-state index in [1.54, 1.807) is 48.5 Å². The van der Waals surface area contributed by atoms with Crippen LogP contribution in [0, 0.1) is 0 Å². The normalized spacial score (nSPS) is 12.8. The van der Waals surface area contributed by atoms with E-state index in [-0.39, 0.29) is 13.2 Å². The molecule has 0 rings (SSSR count). The highest BCUT2D eigenvalue weighted by atomic mass is 16.6. The number of nitrogens with one attached hydrogen (secondary N) is 2. The molecule has 0 radical (unpaired) electrons. The summed E-state index contributed by atoms with van der Waals surface area (Å²) in [6.45, 7) is 11.9. The van der Waals surface area contributed by atoms with Crippen LogP contribution in [-0.4, -0.2) is 48.6 Å². The van der Waals surface area contributed by atoms with Crippen LogP contribution in [0.2, 0.25) is 0 Å². The first-order valence-electron chi connectivity index (χ1n) is 7.47. The summed E-state index contributed by atoms with van der Waals surface area (Å²) in [6, 6.07) is -1.07. The molecule has 0 aliphatic heterocycles. The standard InChI is InChI=1S/C15H28N2O6/c1-8-21-11(18)10(17-13(20)23-15(5,6)7)9-16-12(19)22-14(2,3)4/h10H,8-9H2,1-7H3,(H,16,19)(H,17,20)/t10-/m0/s1. The van der Waals surface area contributed by atoms with Crippen molar-refractivity contribution in [2.75, 3.05) is 13.2 Å². The van der Waals surface area contributed by atoms with Gasteiger partial charge in [-0.05, 0) is 48.5 Å². The molecule has 0 aliphatic carbocycles. The number of esters is 1. The average molecular weight is 332 g/mol. The molecule has 0 aromatic rings. The largest absolute Gasteiger partial charge is 0.464 e. The van der Waals surface area contributed by atoms with Gasteiger partial charge in [-0.2, -0.15) is 0 Å². The van der Waals surface area contributed by atoms with Crippen molar-refractivity contribution in [3.8, 4) is 0 Å². The van der Waals surface area contributed by atoms with Gasteiger partial charge in [0, 0.05) is 0 Å². The maximum atomic E-state index is 11.9. The zero-order valence-electron chi connectivity index (χ0n) is 14.9. The van der Waals surface area contributed by atoms with E-state index >= 15 is 0 Å². The van der Waals surface area contributed by atoms with Gasteiger partial charge in [0.25, 0.3) is 0 Å². The summed E-state index contributed by atoms with van der Waals surface area (Å²) in [4.78, 5) is 35.3. The van der Waals surface area contributed by atoms with Gasteiger partial charge in [-0.25, -0.2) is 14.4 Å². The number of hydrogen-bond acceptors (Lipinski definition) is 6.